The summed E-state index contributed by atoms with van der Waals surface area (Å²) < 4.78 is 7.27. The lowest BCUT2D eigenvalue weighted by Crippen LogP contribution is -2.32. The topological polar surface area (TPSA) is 56.1 Å². The van der Waals surface area contributed by atoms with E-state index in [0.29, 0.717) is 0 Å². The molecule has 3 aromatic rings. The van der Waals surface area contributed by atoms with E-state index >= 15 is 0 Å². The van der Waals surface area contributed by atoms with Crippen molar-refractivity contribution >= 4 is 5.95 Å². The molecule has 24 heavy (non-hydrogen) atoms. The van der Waals surface area contributed by atoms with Crippen LogP contribution in [0.2, 0.25) is 0 Å². The lowest BCUT2D eigenvalue weighted by molar-refractivity contribution is 0.407. The van der Waals surface area contributed by atoms with E-state index in [9.17, 15) is 0 Å². The maximum atomic E-state index is 5.48. The second-order valence-corrected chi connectivity index (χ2v) is 6.00. The third-order valence-electron chi connectivity index (χ3n) is 4.46. The Hall–Kier alpha value is -2.89. The first kappa shape index (κ1) is 14.7. The Bertz CT molecular complexity index is 856. The van der Waals surface area contributed by atoms with E-state index in [-0.39, 0.29) is 0 Å². The summed E-state index contributed by atoms with van der Waals surface area (Å²) in [6, 6.07) is 14.4. The average Bonchev–Trinajstić information content (AvgIpc) is 3.11. The van der Waals surface area contributed by atoms with Crippen LogP contribution in [0.3, 0.4) is 0 Å². The van der Waals surface area contributed by atoms with Crippen LogP contribution in [-0.2, 0) is 13.0 Å². The number of ether oxygens (including phenoxy) is 1. The minimum Gasteiger partial charge on any atom is -0.496 e. The molecule has 0 atom stereocenters. The number of fused-ring (bicyclic) bond motifs is 1. The molecule has 4 rings (SSSR count). The zero-order valence-corrected chi connectivity index (χ0v) is 13.8. The molecule has 6 nitrogen and oxygen atoms in total. The molecule has 1 aliphatic rings. The average molecular weight is 321 g/mol. The van der Waals surface area contributed by atoms with E-state index in [4.69, 9.17) is 4.74 Å². The first-order valence-electron chi connectivity index (χ1n) is 8.01. The van der Waals surface area contributed by atoms with Crippen molar-refractivity contribution in [1.29, 1.82) is 0 Å². The molecule has 0 unspecified atom stereocenters. The number of anilines is 1. The summed E-state index contributed by atoms with van der Waals surface area (Å²) in [6.45, 7) is 3.71. The molecule has 0 aliphatic carbocycles. The van der Waals surface area contributed by atoms with Crippen LogP contribution in [0.15, 0.2) is 42.5 Å². The molecule has 2 heterocycles. The van der Waals surface area contributed by atoms with Gasteiger partial charge in [0.25, 0.3) is 5.95 Å². The number of hydrogen-bond donors (Lipinski definition) is 0. The van der Waals surface area contributed by atoms with E-state index in [0.717, 1.165) is 36.9 Å². The third-order valence-corrected chi connectivity index (χ3v) is 4.46. The minimum absolute atomic E-state index is 0.771. The Balaban J connectivity index is 1.67. The standard InChI is InChI=1S/C18H19N5O/c1-13-6-8-15(9-7-13)23-18(19-20-21-23)22-11-10-16-14(12-22)4-3-5-17(16)24-2/h3-9H,10-12H2,1-2H3. The van der Waals surface area contributed by atoms with Crippen LogP contribution in [0, 0.1) is 6.92 Å². The molecule has 0 spiro atoms. The molecule has 1 aliphatic heterocycles. The highest BCUT2D eigenvalue weighted by Gasteiger charge is 2.23. The first-order chi connectivity index (χ1) is 11.8. The van der Waals surface area contributed by atoms with Crippen molar-refractivity contribution in [1.82, 2.24) is 20.2 Å². The Kier molecular flexibility index (Phi) is 3.65. The maximum absolute atomic E-state index is 5.48. The molecule has 0 fully saturated rings. The number of nitrogens with zero attached hydrogens (tertiary/aromatic N) is 5. The van der Waals surface area contributed by atoms with Gasteiger partial charge >= 0.3 is 0 Å². The molecule has 0 amide bonds. The highest BCUT2D eigenvalue weighted by Crippen LogP contribution is 2.30. The fraction of sp³-hybridized carbons (Fsp3) is 0.278. The summed E-state index contributed by atoms with van der Waals surface area (Å²) in [5, 5.41) is 12.3. The predicted octanol–water partition coefficient (Wildman–Crippen LogP) is 2.54. The molecule has 0 saturated carbocycles. The van der Waals surface area contributed by atoms with Gasteiger partial charge in [0, 0.05) is 18.7 Å². The van der Waals surface area contributed by atoms with Gasteiger partial charge in [-0.25, -0.2) is 0 Å². The number of aryl methyl sites for hydroxylation is 1. The number of methoxy groups -OCH3 is 1. The van der Waals surface area contributed by atoms with Crippen LogP contribution in [0.4, 0.5) is 5.95 Å². The van der Waals surface area contributed by atoms with Crippen molar-refractivity contribution in [3.05, 3.63) is 59.2 Å². The fourth-order valence-corrected chi connectivity index (χ4v) is 3.17. The summed E-state index contributed by atoms with van der Waals surface area (Å²) in [5.41, 5.74) is 4.73. The van der Waals surface area contributed by atoms with Crippen molar-refractivity contribution in [2.24, 2.45) is 0 Å². The molecule has 0 bridgehead atoms. The van der Waals surface area contributed by atoms with Gasteiger partial charge in [-0.3, -0.25) is 0 Å². The van der Waals surface area contributed by atoms with Crippen LogP contribution in [0.1, 0.15) is 16.7 Å². The van der Waals surface area contributed by atoms with E-state index in [2.05, 4.69) is 45.5 Å². The quantitative estimate of drug-likeness (QED) is 0.742. The van der Waals surface area contributed by atoms with Crippen LogP contribution >= 0.6 is 0 Å². The highest BCUT2D eigenvalue weighted by molar-refractivity contribution is 5.48. The van der Waals surface area contributed by atoms with Gasteiger partial charge in [0.15, 0.2) is 0 Å². The second-order valence-electron chi connectivity index (χ2n) is 6.00. The zero-order chi connectivity index (χ0) is 16.5. The third kappa shape index (κ3) is 2.50. The van der Waals surface area contributed by atoms with Crippen LogP contribution in [-0.4, -0.2) is 33.9 Å². The van der Waals surface area contributed by atoms with Crippen molar-refractivity contribution in [3.8, 4) is 11.4 Å². The van der Waals surface area contributed by atoms with Crippen molar-refractivity contribution in [2.75, 3.05) is 18.6 Å². The monoisotopic (exact) mass is 321 g/mol. The highest BCUT2D eigenvalue weighted by atomic mass is 16.5. The van der Waals surface area contributed by atoms with Crippen molar-refractivity contribution in [2.45, 2.75) is 19.9 Å². The van der Waals surface area contributed by atoms with Crippen LogP contribution in [0.5, 0.6) is 5.75 Å². The SMILES string of the molecule is COc1cccc2c1CCN(c1nnnn1-c1ccc(C)cc1)C2. The molecule has 122 valence electrons. The molecular weight excluding hydrogens is 302 g/mol. The summed E-state index contributed by atoms with van der Waals surface area (Å²) in [7, 11) is 1.72. The number of rotatable bonds is 3. The molecule has 2 aromatic carbocycles. The van der Waals surface area contributed by atoms with E-state index in [1.807, 2.05) is 24.3 Å². The molecule has 0 saturated heterocycles. The first-order valence-corrected chi connectivity index (χ1v) is 8.01. The van der Waals surface area contributed by atoms with Crippen LogP contribution < -0.4 is 9.64 Å². The Morgan fingerprint density at radius 3 is 2.71 bits per heavy atom. The molecule has 0 N–H and O–H groups in total. The predicted molar refractivity (Wildman–Crippen MR) is 91.6 cm³/mol. The number of aromatic nitrogens is 4. The second kappa shape index (κ2) is 5.96. The van der Waals surface area contributed by atoms with Gasteiger partial charge in [-0.15, -0.1) is 0 Å². The maximum Gasteiger partial charge on any atom is 0.250 e. The molecule has 6 heteroatoms. The lowest BCUT2D eigenvalue weighted by atomic mass is 9.99. The van der Waals surface area contributed by atoms with Crippen LogP contribution in [0.25, 0.3) is 5.69 Å². The molecule has 0 radical (unpaired) electrons. The van der Waals surface area contributed by atoms with E-state index in [1.54, 1.807) is 11.8 Å². The summed E-state index contributed by atoms with van der Waals surface area (Å²) in [5.74, 6) is 1.73. The summed E-state index contributed by atoms with van der Waals surface area (Å²) >= 11 is 0. The van der Waals surface area contributed by atoms with Crippen molar-refractivity contribution in [3.63, 3.8) is 0 Å². The van der Waals surface area contributed by atoms with Gasteiger partial charge in [0.2, 0.25) is 0 Å². The van der Waals surface area contributed by atoms with Gasteiger partial charge in [-0.2, -0.15) is 4.68 Å². The van der Waals surface area contributed by atoms with Gasteiger partial charge in [-0.1, -0.05) is 34.9 Å². The number of hydrogen-bond acceptors (Lipinski definition) is 5. The molecular formula is C18H19N5O. The van der Waals surface area contributed by atoms with Gasteiger partial charge < -0.3 is 9.64 Å². The van der Waals surface area contributed by atoms with E-state index in [1.165, 1.54) is 16.7 Å². The van der Waals surface area contributed by atoms with E-state index < -0.39 is 0 Å². The number of benzene rings is 2. The largest absolute Gasteiger partial charge is 0.496 e. The van der Waals surface area contributed by atoms with Gasteiger partial charge in [-0.05, 0) is 47.5 Å². The smallest absolute Gasteiger partial charge is 0.250 e. The minimum atomic E-state index is 0.771. The van der Waals surface area contributed by atoms with Gasteiger partial charge in [0.1, 0.15) is 5.75 Å². The normalized spacial score (nSPS) is 13.7. The van der Waals surface area contributed by atoms with Crippen molar-refractivity contribution < 1.29 is 4.74 Å². The Morgan fingerprint density at radius 2 is 1.92 bits per heavy atom. The summed E-state index contributed by atoms with van der Waals surface area (Å²) in [6.07, 6.45) is 0.917. The zero-order valence-electron chi connectivity index (χ0n) is 13.8. The van der Waals surface area contributed by atoms with Gasteiger partial charge in [0.05, 0.1) is 12.8 Å². The Labute approximate surface area is 140 Å². The molecule has 1 aromatic heterocycles. The Morgan fingerprint density at radius 1 is 1.08 bits per heavy atom. The lowest BCUT2D eigenvalue weighted by Gasteiger charge is -2.29. The summed E-state index contributed by atoms with van der Waals surface area (Å²) in [4.78, 5) is 2.21. The number of tetrazole rings is 1. The fourth-order valence-electron chi connectivity index (χ4n) is 3.17.